The minimum atomic E-state index is -0.285. The number of aromatic nitrogens is 4. The van der Waals surface area contributed by atoms with Crippen molar-refractivity contribution in [1.29, 1.82) is 5.26 Å². The van der Waals surface area contributed by atoms with E-state index < -0.39 is 0 Å². The number of anilines is 1. The minimum absolute atomic E-state index is 0.0670. The van der Waals surface area contributed by atoms with Crippen molar-refractivity contribution in [3.63, 3.8) is 0 Å². The van der Waals surface area contributed by atoms with Crippen LogP contribution in [0.5, 0.6) is 0 Å². The summed E-state index contributed by atoms with van der Waals surface area (Å²) in [6.07, 6.45) is 3.07. The molecule has 0 saturated carbocycles. The highest BCUT2D eigenvalue weighted by Gasteiger charge is 2.19. The van der Waals surface area contributed by atoms with Crippen LogP contribution >= 0.6 is 0 Å². The molecule has 0 aliphatic rings. The van der Waals surface area contributed by atoms with Crippen molar-refractivity contribution in [2.75, 3.05) is 5.32 Å². The van der Waals surface area contributed by atoms with Crippen LogP contribution < -0.4 is 10.9 Å². The molecule has 0 aliphatic carbocycles. The number of nitrogens with zero attached hydrogens (tertiary/aromatic N) is 4. The van der Waals surface area contributed by atoms with Gasteiger partial charge in [0.15, 0.2) is 0 Å². The number of H-pyrrole nitrogens is 1. The van der Waals surface area contributed by atoms with Gasteiger partial charge < -0.3 is 10.3 Å². The van der Waals surface area contributed by atoms with Gasteiger partial charge in [-0.2, -0.15) is 5.26 Å². The molecular formula is C25H20N6O. The fourth-order valence-electron chi connectivity index (χ4n) is 4.16. The fraction of sp³-hybridized carbons (Fsp3) is 0.120. The Hall–Kier alpha value is -4.44. The Morgan fingerprint density at radius 1 is 1.09 bits per heavy atom. The van der Waals surface area contributed by atoms with E-state index in [0.29, 0.717) is 27.8 Å². The van der Waals surface area contributed by atoms with Gasteiger partial charge >= 0.3 is 0 Å². The molecule has 0 amide bonds. The molecule has 0 saturated heterocycles. The molecule has 0 aliphatic heterocycles. The van der Waals surface area contributed by atoms with E-state index in [4.69, 9.17) is 0 Å². The van der Waals surface area contributed by atoms with Gasteiger partial charge in [0, 0.05) is 17.6 Å². The van der Waals surface area contributed by atoms with Crippen LogP contribution in [0.3, 0.4) is 0 Å². The maximum atomic E-state index is 13.7. The first-order valence-electron chi connectivity index (χ1n) is 10.3. The first-order chi connectivity index (χ1) is 15.6. The Balaban J connectivity index is 1.71. The summed E-state index contributed by atoms with van der Waals surface area (Å²) < 4.78 is 1.74. The summed E-state index contributed by atoms with van der Waals surface area (Å²) >= 11 is 0. The molecule has 3 heterocycles. The molecule has 2 N–H and O–H groups in total. The summed E-state index contributed by atoms with van der Waals surface area (Å²) in [5, 5.41) is 15.1. The number of benzene rings is 2. The zero-order valence-corrected chi connectivity index (χ0v) is 17.6. The minimum Gasteiger partial charge on any atom is -0.361 e. The van der Waals surface area contributed by atoms with Crippen LogP contribution in [-0.2, 0) is 0 Å². The lowest BCUT2D eigenvalue weighted by molar-refractivity contribution is 0.774. The van der Waals surface area contributed by atoms with Crippen LogP contribution in [0.15, 0.2) is 71.9 Å². The summed E-state index contributed by atoms with van der Waals surface area (Å²) in [6, 6.07) is 19.4. The highest BCUT2D eigenvalue weighted by atomic mass is 16.1. The average molecular weight is 420 g/mol. The van der Waals surface area contributed by atoms with Crippen molar-refractivity contribution >= 4 is 27.6 Å². The summed E-state index contributed by atoms with van der Waals surface area (Å²) in [4.78, 5) is 25.2. The molecule has 0 radical (unpaired) electrons. The van der Waals surface area contributed by atoms with Crippen LogP contribution in [0.2, 0.25) is 0 Å². The third-order valence-electron chi connectivity index (χ3n) is 5.69. The van der Waals surface area contributed by atoms with Crippen molar-refractivity contribution in [2.45, 2.75) is 19.9 Å². The number of hydrogen-bond donors (Lipinski definition) is 2. The Bertz CT molecular complexity index is 1560. The second-order valence-electron chi connectivity index (χ2n) is 7.71. The number of pyridine rings is 1. The standard InChI is InChI=1S/C25H20N6O/c1-15-7-6-8-17-11-20(31(25(32)21(15)17)19-9-4-3-5-10-19)16(2)30-24-22-18(12-26)13-27-23(22)28-14-29-24/h3-11,13-14,16H,1-2H3,(H2,27,28,29,30). The lowest BCUT2D eigenvalue weighted by atomic mass is 10.0. The number of para-hydroxylation sites is 1. The van der Waals surface area contributed by atoms with E-state index in [1.54, 1.807) is 10.8 Å². The number of aryl methyl sites for hydroxylation is 1. The molecular weight excluding hydrogens is 400 g/mol. The molecule has 0 bridgehead atoms. The van der Waals surface area contributed by atoms with Gasteiger partial charge in [-0.05, 0) is 43.0 Å². The van der Waals surface area contributed by atoms with Gasteiger partial charge in [-0.1, -0.05) is 36.4 Å². The Morgan fingerprint density at radius 2 is 1.91 bits per heavy atom. The maximum absolute atomic E-state index is 13.7. The molecule has 7 nitrogen and oxygen atoms in total. The number of fused-ring (bicyclic) bond motifs is 2. The second kappa shape index (κ2) is 7.67. The first kappa shape index (κ1) is 19.5. The highest BCUT2D eigenvalue weighted by Crippen LogP contribution is 2.28. The van der Waals surface area contributed by atoms with Crippen LogP contribution in [0.4, 0.5) is 5.82 Å². The van der Waals surface area contributed by atoms with Gasteiger partial charge in [-0.3, -0.25) is 9.36 Å². The molecule has 1 unspecified atom stereocenters. The monoisotopic (exact) mass is 420 g/mol. The van der Waals surface area contributed by atoms with Crippen molar-refractivity contribution in [2.24, 2.45) is 0 Å². The van der Waals surface area contributed by atoms with Crippen LogP contribution in [0.25, 0.3) is 27.5 Å². The molecule has 32 heavy (non-hydrogen) atoms. The van der Waals surface area contributed by atoms with E-state index >= 15 is 0 Å². The zero-order valence-electron chi connectivity index (χ0n) is 17.6. The van der Waals surface area contributed by atoms with Crippen LogP contribution in [-0.4, -0.2) is 19.5 Å². The molecule has 5 rings (SSSR count). The molecule has 0 spiro atoms. The third kappa shape index (κ3) is 3.10. The smallest absolute Gasteiger partial charge is 0.263 e. The Morgan fingerprint density at radius 3 is 2.69 bits per heavy atom. The van der Waals surface area contributed by atoms with Crippen LogP contribution in [0, 0.1) is 18.3 Å². The second-order valence-corrected chi connectivity index (χ2v) is 7.71. The quantitative estimate of drug-likeness (QED) is 0.442. The zero-order chi connectivity index (χ0) is 22.2. The largest absolute Gasteiger partial charge is 0.361 e. The van der Waals surface area contributed by atoms with Crippen molar-refractivity contribution < 1.29 is 0 Å². The highest BCUT2D eigenvalue weighted by molar-refractivity contribution is 5.92. The number of aromatic amines is 1. The van der Waals surface area contributed by atoms with Crippen molar-refractivity contribution in [3.05, 3.63) is 94.3 Å². The van der Waals surface area contributed by atoms with Gasteiger partial charge in [0.05, 0.1) is 22.4 Å². The number of nitriles is 1. The molecule has 2 aromatic carbocycles. The molecule has 156 valence electrons. The summed E-state index contributed by atoms with van der Waals surface area (Å²) in [6.45, 7) is 3.93. The van der Waals surface area contributed by atoms with Gasteiger partial charge in [0.25, 0.3) is 5.56 Å². The molecule has 1 atom stereocenters. The predicted octanol–water partition coefficient (Wildman–Crippen LogP) is 4.62. The van der Waals surface area contributed by atoms with E-state index in [2.05, 4.69) is 26.3 Å². The van der Waals surface area contributed by atoms with Gasteiger partial charge in [0.2, 0.25) is 0 Å². The third-order valence-corrected chi connectivity index (χ3v) is 5.69. The molecule has 0 fully saturated rings. The average Bonchev–Trinajstić information content (AvgIpc) is 3.24. The topological polar surface area (TPSA) is 99.4 Å². The fourth-order valence-corrected chi connectivity index (χ4v) is 4.16. The van der Waals surface area contributed by atoms with E-state index in [0.717, 1.165) is 22.3 Å². The van der Waals surface area contributed by atoms with Gasteiger partial charge in [-0.25, -0.2) is 9.97 Å². The van der Waals surface area contributed by atoms with Crippen molar-refractivity contribution in [1.82, 2.24) is 19.5 Å². The predicted molar refractivity (Wildman–Crippen MR) is 125 cm³/mol. The SMILES string of the molecule is Cc1cccc2cc(C(C)Nc3ncnc4[nH]cc(C#N)c34)n(-c3ccccc3)c(=O)c12. The van der Waals surface area contributed by atoms with Gasteiger partial charge in [-0.15, -0.1) is 0 Å². The number of rotatable bonds is 4. The van der Waals surface area contributed by atoms with Crippen molar-refractivity contribution in [3.8, 4) is 11.8 Å². The summed E-state index contributed by atoms with van der Waals surface area (Å²) in [5.41, 5.74) is 3.50. The number of hydrogen-bond acceptors (Lipinski definition) is 5. The molecule has 3 aromatic heterocycles. The van der Waals surface area contributed by atoms with E-state index in [9.17, 15) is 10.1 Å². The first-order valence-corrected chi connectivity index (χ1v) is 10.3. The Labute approximate surface area is 184 Å². The lowest BCUT2D eigenvalue weighted by Crippen LogP contribution is -2.26. The maximum Gasteiger partial charge on any atom is 0.263 e. The normalized spacial score (nSPS) is 12.0. The van der Waals surface area contributed by atoms with E-state index in [1.165, 1.54) is 6.33 Å². The Kier molecular flexibility index (Phi) is 4.68. The summed E-state index contributed by atoms with van der Waals surface area (Å²) in [7, 11) is 0. The molecule has 5 aromatic rings. The van der Waals surface area contributed by atoms with E-state index in [-0.39, 0.29) is 11.6 Å². The molecule has 7 heteroatoms. The lowest BCUT2D eigenvalue weighted by Gasteiger charge is -2.22. The van der Waals surface area contributed by atoms with E-state index in [1.807, 2.05) is 68.4 Å². The van der Waals surface area contributed by atoms with Gasteiger partial charge in [0.1, 0.15) is 23.9 Å². The van der Waals surface area contributed by atoms with Crippen LogP contribution in [0.1, 0.15) is 29.8 Å². The number of nitrogens with one attached hydrogen (secondary N) is 2. The summed E-state index contributed by atoms with van der Waals surface area (Å²) in [5.74, 6) is 0.539.